The summed E-state index contributed by atoms with van der Waals surface area (Å²) in [6.07, 6.45) is 3.41. The van der Waals surface area contributed by atoms with E-state index in [4.69, 9.17) is 4.78 Å². The van der Waals surface area contributed by atoms with Gasteiger partial charge in [-0.3, -0.25) is 0 Å². The summed E-state index contributed by atoms with van der Waals surface area (Å²) in [5.74, 6) is -3.19. The van der Waals surface area contributed by atoms with Crippen LogP contribution >= 0.6 is 0 Å². The molecule has 0 saturated carbocycles. The molecule has 0 fully saturated rings. The second-order valence-electron chi connectivity index (χ2n) is 4.48. The monoisotopic (exact) mass is 307 g/mol. The highest BCUT2D eigenvalue weighted by Gasteiger charge is 2.22. The summed E-state index contributed by atoms with van der Waals surface area (Å²) in [5.41, 5.74) is 2.41. The van der Waals surface area contributed by atoms with E-state index in [9.17, 15) is 13.0 Å². The van der Waals surface area contributed by atoms with Crippen molar-refractivity contribution in [3.05, 3.63) is 48.8 Å². The van der Waals surface area contributed by atoms with Crippen LogP contribution in [-0.2, 0) is 9.73 Å². The molecule has 4 nitrogen and oxygen atoms in total. The molecule has 0 spiro atoms. The Morgan fingerprint density at radius 2 is 1.86 bits per heavy atom. The van der Waals surface area contributed by atoms with Crippen molar-refractivity contribution in [3.63, 3.8) is 0 Å². The van der Waals surface area contributed by atoms with Crippen LogP contribution in [0.1, 0.15) is 0 Å². The maximum Gasteiger partial charge on any atom is 0.323 e. The lowest BCUT2D eigenvalue weighted by Gasteiger charge is -2.08. The SMILES string of the molecule is N=S(=O)(c1ccc(-c2ccnc3[nH]ccc23)cc1)C(F)F. The van der Waals surface area contributed by atoms with E-state index in [1.165, 1.54) is 12.1 Å². The van der Waals surface area contributed by atoms with Crippen LogP contribution in [-0.4, -0.2) is 19.9 Å². The maximum absolute atomic E-state index is 12.6. The number of aromatic nitrogens is 2. The molecule has 2 heterocycles. The Hall–Kier alpha value is -2.28. The van der Waals surface area contributed by atoms with Crippen molar-refractivity contribution in [2.45, 2.75) is 10.7 Å². The van der Waals surface area contributed by atoms with Gasteiger partial charge in [0.1, 0.15) is 15.4 Å². The van der Waals surface area contributed by atoms with Crippen LogP contribution in [0.4, 0.5) is 8.78 Å². The number of alkyl halides is 2. The number of benzene rings is 1. The van der Waals surface area contributed by atoms with Gasteiger partial charge in [-0.2, -0.15) is 8.78 Å². The first-order valence-corrected chi connectivity index (χ1v) is 7.70. The summed E-state index contributed by atoms with van der Waals surface area (Å²) >= 11 is 0. The molecule has 3 rings (SSSR count). The van der Waals surface area contributed by atoms with E-state index >= 15 is 0 Å². The second-order valence-corrected chi connectivity index (χ2v) is 6.51. The number of nitrogens with zero attached hydrogens (tertiary/aromatic N) is 1. The normalized spacial score (nSPS) is 14.4. The molecule has 0 aliphatic rings. The average molecular weight is 307 g/mol. The first kappa shape index (κ1) is 13.7. The summed E-state index contributed by atoms with van der Waals surface area (Å²) in [7, 11) is -4.06. The number of pyridine rings is 1. The summed E-state index contributed by atoms with van der Waals surface area (Å²) in [5, 5.41) is 0.908. The number of fused-ring (bicyclic) bond motifs is 1. The van der Waals surface area contributed by atoms with Crippen molar-refractivity contribution in [2.75, 3.05) is 0 Å². The quantitative estimate of drug-likeness (QED) is 0.771. The minimum atomic E-state index is -4.06. The third kappa shape index (κ3) is 2.29. The number of halogens is 2. The number of H-pyrrole nitrogens is 1. The largest absolute Gasteiger partial charge is 0.346 e. The highest BCUT2D eigenvalue weighted by Crippen LogP contribution is 2.28. The molecule has 7 heteroatoms. The van der Waals surface area contributed by atoms with Crippen molar-refractivity contribution in [3.8, 4) is 11.1 Å². The number of hydrogen-bond donors (Lipinski definition) is 2. The molecule has 0 radical (unpaired) electrons. The van der Waals surface area contributed by atoms with Gasteiger partial charge in [-0.05, 0) is 35.4 Å². The molecule has 2 N–H and O–H groups in total. The minimum absolute atomic E-state index is 0.166. The van der Waals surface area contributed by atoms with E-state index < -0.39 is 15.5 Å². The fraction of sp³-hybridized carbons (Fsp3) is 0.0714. The lowest BCUT2D eigenvalue weighted by atomic mass is 10.0. The van der Waals surface area contributed by atoms with Gasteiger partial charge >= 0.3 is 5.76 Å². The Morgan fingerprint density at radius 3 is 2.52 bits per heavy atom. The number of hydrogen-bond acceptors (Lipinski definition) is 3. The Labute approximate surface area is 119 Å². The van der Waals surface area contributed by atoms with Crippen LogP contribution in [0.2, 0.25) is 0 Å². The molecular weight excluding hydrogens is 296 g/mol. The standard InChI is InChI=1S/C14H11F2N3OS/c15-14(16)21(17,20)10-3-1-9(2-4-10)11-5-7-18-13-12(11)6-8-19-13/h1-8,14,17H,(H,18,19). The van der Waals surface area contributed by atoms with E-state index in [2.05, 4.69) is 9.97 Å². The average Bonchev–Trinajstić information content (AvgIpc) is 2.95. The van der Waals surface area contributed by atoms with Crippen molar-refractivity contribution in [1.82, 2.24) is 9.97 Å². The number of nitrogens with one attached hydrogen (secondary N) is 2. The highest BCUT2D eigenvalue weighted by molar-refractivity contribution is 7.92. The van der Waals surface area contributed by atoms with Gasteiger partial charge in [0, 0.05) is 17.8 Å². The second kappa shape index (κ2) is 4.92. The number of aromatic amines is 1. The zero-order valence-electron chi connectivity index (χ0n) is 10.7. The molecule has 108 valence electrons. The van der Waals surface area contributed by atoms with Gasteiger partial charge in [0.2, 0.25) is 0 Å². The zero-order valence-corrected chi connectivity index (χ0v) is 11.5. The fourth-order valence-corrected chi connectivity index (χ4v) is 2.90. The van der Waals surface area contributed by atoms with Crippen LogP contribution in [0.3, 0.4) is 0 Å². The molecule has 1 atom stereocenters. The lowest BCUT2D eigenvalue weighted by Crippen LogP contribution is -2.09. The van der Waals surface area contributed by atoms with Gasteiger partial charge in [-0.25, -0.2) is 14.0 Å². The van der Waals surface area contributed by atoms with Crippen LogP contribution in [0.15, 0.2) is 53.7 Å². The van der Waals surface area contributed by atoms with Gasteiger partial charge in [0.25, 0.3) is 0 Å². The molecule has 0 aliphatic carbocycles. The molecule has 3 aromatic rings. The number of rotatable bonds is 3. The van der Waals surface area contributed by atoms with E-state index in [0.29, 0.717) is 0 Å². The molecule has 0 aliphatic heterocycles. The molecule has 1 aromatic carbocycles. The predicted octanol–water partition coefficient (Wildman–Crippen LogP) is 3.86. The Bertz CT molecular complexity index is 886. The van der Waals surface area contributed by atoms with E-state index in [-0.39, 0.29) is 4.90 Å². The van der Waals surface area contributed by atoms with Crippen molar-refractivity contribution < 1.29 is 13.0 Å². The molecule has 21 heavy (non-hydrogen) atoms. The summed E-state index contributed by atoms with van der Waals surface area (Å²) in [6, 6.07) is 9.50. The van der Waals surface area contributed by atoms with Crippen LogP contribution in [0, 0.1) is 4.78 Å². The van der Waals surface area contributed by atoms with Gasteiger partial charge in [-0.15, -0.1) is 0 Å². The van der Waals surface area contributed by atoms with Crippen LogP contribution in [0.25, 0.3) is 22.2 Å². The van der Waals surface area contributed by atoms with Crippen molar-refractivity contribution >= 4 is 20.8 Å². The van der Waals surface area contributed by atoms with Gasteiger partial charge in [-0.1, -0.05) is 12.1 Å². The van der Waals surface area contributed by atoms with Crippen molar-refractivity contribution in [2.24, 2.45) is 0 Å². The Balaban J connectivity index is 2.08. The maximum atomic E-state index is 12.6. The Morgan fingerprint density at radius 1 is 1.14 bits per heavy atom. The zero-order chi connectivity index (χ0) is 15.0. The fourth-order valence-electron chi connectivity index (χ4n) is 2.15. The smallest absolute Gasteiger partial charge is 0.323 e. The molecule has 1 unspecified atom stereocenters. The van der Waals surface area contributed by atoms with Gasteiger partial charge in [0.05, 0.1) is 4.90 Å². The third-order valence-corrected chi connectivity index (χ3v) is 4.70. The minimum Gasteiger partial charge on any atom is -0.346 e. The summed E-state index contributed by atoms with van der Waals surface area (Å²) in [6.45, 7) is 0. The summed E-state index contributed by atoms with van der Waals surface area (Å²) in [4.78, 5) is 7.00. The van der Waals surface area contributed by atoms with Crippen LogP contribution < -0.4 is 0 Å². The summed E-state index contributed by atoms with van der Waals surface area (Å²) < 4.78 is 44.1. The molecule has 2 aromatic heterocycles. The third-order valence-electron chi connectivity index (χ3n) is 3.23. The Kier molecular flexibility index (Phi) is 3.21. The topological polar surface area (TPSA) is 69.6 Å². The molecule has 0 amide bonds. The van der Waals surface area contributed by atoms with Gasteiger partial charge in [0.15, 0.2) is 0 Å². The highest BCUT2D eigenvalue weighted by atomic mass is 32.2. The van der Waals surface area contributed by atoms with E-state index in [1.54, 1.807) is 24.5 Å². The van der Waals surface area contributed by atoms with Crippen LogP contribution in [0.5, 0.6) is 0 Å². The lowest BCUT2D eigenvalue weighted by molar-refractivity contribution is 0.241. The van der Waals surface area contributed by atoms with Crippen molar-refractivity contribution in [1.29, 1.82) is 4.78 Å². The predicted molar refractivity (Wildman–Crippen MR) is 76.7 cm³/mol. The van der Waals surface area contributed by atoms with Gasteiger partial charge < -0.3 is 4.98 Å². The first-order valence-electron chi connectivity index (χ1n) is 6.08. The van der Waals surface area contributed by atoms with E-state index in [1.807, 2.05) is 12.1 Å². The molecular formula is C14H11F2N3OS. The molecule has 0 saturated heterocycles. The first-order chi connectivity index (χ1) is 10.00. The van der Waals surface area contributed by atoms with E-state index in [0.717, 1.165) is 22.2 Å². The molecule has 0 bridgehead atoms.